The summed E-state index contributed by atoms with van der Waals surface area (Å²) in [5.41, 5.74) is 1.34. The van der Waals surface area contributed by atoms with Crippen molar-refractivity contribution in [3.05, 3.63) is 29.8 Å². The Bertz CT molecular complexity index is 644. The lowest BCUT2D eigenvalue weighted by atomic mass is 9.63. The number of benzene rings is 1. The van der Waals surface area contributed by atoms with Crippen LogP contribution >= 0.6 is 0 Å². The maximum absolute atomic E-state index is 12.3. The number of rotatable bonds is 4. The van der Waals surface area contributed by atoms with E-state index in [9.17, 15) is 9.59 Å². The van der Waals surface area contributed by atoms with Crippen molar-refractivity contribution in [3.63, 3.8) is 0 Å². The van der Waals surface area contributed by atoms with Gasteiger partial charge in [0.2, 0.25) is 11.6 Å². The highest BCUT2D eigenvalue weighted by Crippen LogP contribution is 2.52. The molecule has 0 amide bonds. The highest BCUT2D eigenvalue weighted by molar-refractivity contribution is 6.41. The van der Waals surface area contributed by atoms with Crippen molar-refractivity contribution in [2.45, 2.75) is 58.5 Å². The van der Waals surface area contributed by atoms with Crippen LogP contribution in [0, 0.1) is 29.6 Å². The van der Waals surface area contributed by atoms with E-state index in [0.29, 0.717) is 11.8 Å². The first-order chi connectivity index (χ1) is 12.0. The van der Waals surface area contributed by atoms with Crippen LogP contribution in [0.1, 0.15) is 51.5 Å². The summed E-state index contributed by atoms with van der Waals surface area (Å²) >= 11 is 0. The van der Waals surface area contributed by atoms with Gasteiger partial charge in [0, 0.05) is 17.8 Å². The van der Waals surface area contributed by atoms with E-state index >= 15 is 0 Å². The monoisotopic (exact) mass is 340 g/mol. The second kappa shape index (κ2) is 6.59. The van der Waals surface area contributed by atoms with Gasteiger partial charge in [0.1, 0.15) is 11.9 Å². The van der Waals surface area contributed by atoms with Crippen molar-refractivity contribution in [3.8, 4) is 5.75 Å². The van der Waals surface area contributed by atoms with Crippen molar-refractivity contribution in [2.75, 3.05) is 0 Å². The van der Waals surface area contributed by atoms with Crippen molar-refractivity contribution in [2.24, 2.45) is 29.6 Å². The van der Waals surface area contributed by atoms with Crippen LogP contribution in [0.25, 0.3) is 0 Å². The smallest absolute Gasteiger partial charge is 0.202 e. The van der Waals surface area contributed by atoms with E-state index in [1.165, 1.54) is 5.56 Å². The maximum Gasteiger partial charge on any atom is 0.202 e. The summed E-state index contributed by atoms with van der Waals surface area (Å²) < 4.78 is 6.36. The van der Waals surface area contributed by atoms with E-state index in [1.807, 2.05) is 0 Å². The normalized spacial score (nSPS) is 34.3. The quantitative estimate of drug-likeness (QED) is 0.771. The Hall–Kier alpha value is -1.64. The SMILES string of the molecule is CC(C)Cc1ccc(OC2CCC3C(=O)C(=O)C4CCCC2C43)cc1. The van der Waals surface area contributed by atoms with E-state index in [-0.39, 0.29) is 35.4 Å². The standard InChI is InChI=1S/C22H28O3/c1-13(2)12-14-6-8-15(9-7-14)25-19-11-10-18-20-16(19)4-3-5-17(20)21(23)22(18)24/h6-9,13,16-20H,3-5,10-12H2,1-2H3. The zero-order chi connectivity index (χ0) is 17.6. The third-order valence-electron chi connectivity index (χ3n) is 6.49. The molecule has 0 radical (unpaired) electrons. The lowest BCUT2D eigenvalue weighted by Crippen LogP contribution is -2.44. The number of hydrogen-bond donors (Lipinski definition) is 0. The lowest BCUT2D eigenvalue weighted by Gasteiger charge is -2.43. The Balaban J connectivity index is 1.48. The maximum atomic E-state index is 12.3. The predicted molar refractivity (Wildman–Crippen MR) is 96.5 cm³/mol. The van der Waals surface area contributed by atoms with Crippen LogP contribution in [0.5, 0.6) is 5.75 Å². The summed E-state index contributed by atoms with van der Waals surface area (Å²) in [6.45, 7) is 4.46. The molecule has 3 saturated carbocycles. The molecule has 0 heterocycles. The van der Waals surface area contributed by atoms with Gasteiger partial charge in [-0.05, 0) is 61.6 Å². The van der Waals surface area contributed by atoms with E-state index < -0.39 is 0 Å². The van der Waals surface area contributed by atoms with Crippen molar-refractivity contribution >= 4 is 11.6 Å². The van der Waals surface area contributed by atoms with Gasteiger partial charge in [-0.15, -0.1) is 0 Å². The molecule has 25 heavy (non-hydrogen) atoms. The summed E-state index contributed by atoms with van der Waals surface area (Å²) in [6, 6.07) is 8.48. The zero-order valence-electron chi connectivity index (χ0n) is 15.2. The fourth-order valence-electron chi connectivity index (χ4n) is 5.49. The fourth-order valence-corrected chi connectivity index (χ4v) is 5.49. The van der Waals surface area contributed by atoms with Gasteiger partial charge in [0.15, 0.2) is 0 Å². The topological polar surface area (TPSA) is 43.4 Å². The molecule has 1 aromatic rings. The molecular formula is C22H28O3. The molecule has 0 N–H and O–H groups in total. The Kier molecular flexibility index (Phi) is 4.43. The minimum absolute atomic E-state index is 0.0175. The number of carbonyl (C=O) groups is 2. The van der Waals surface area contributed by atoms with Gasteiger partial charge in [-0.25, -0.2) is 0 Å². The summed E-state index contributed by atoms with van der Waals surface area (Å²) in [6.07, 6.45) is 5.99. The molecule has 5 unspecified atom stereocenters. The minimum atomic E-state index is -0.0848. The van der Waals surface area contributed by atoms with Gasteiger partial charge in [0.05, 0.1) is 0 Å². The molecular weight excluding hydrogens is 312 g/mol. The molecule has 3 fully saturated rings. The molecule has 1 aromatic carbocycles. The molecule has 0 bridgehead atoms. The van der Waals surface area contributed by atoms with Gasteiger partial charge in [-0.3, -0.25) is 9.59 Å². The molecule has 3 aliphatic carbocycles. The summed E-state index contributed by atoms with van der Waals surface area (Å²) in [5, 5.41) is 0. The molecule has 0 saturated heterocycles. The summed E-state index contributed by atoms with van der Waals surface area (Å²) in [5.74, 6) is 1.98. The van der Waals surface area contributed by atoms with E-state index in [0.717, 1.165) is 44.3 Å². The first-order valence-electron chi connectivity index (χ1n) is 9.88. The average molecular weight is 340 g/mol. The third-order valence-corrected chi connectivity index (χ3v) is 6.49. The highest BCUT2D eigenvalue weighted by atomic mass is 16.5. The number of Topliss-reactive ketones (excluding diaryl/α,β-unsaturated/α-hetero) is 2. The van der Waals surface area contributed by atoms with Gasteiger partial charge in [-0.1, -0.05) is 32.4 Å². The average Bonchev–Trinajstić information content (AvgIpc) is 2.85. The van der Waals surface area contributed by atoms with Crippen LogP contribution in [-0.2, 0) is 16.0 Å². The summed E-state index contributed by atoms with van der Waals surface area (Å²) in [4.78, 5) is 24.6. The number of ether oxygens (including phenoxy) is 1. The predicted octanol–water partition coefficient (Wildman–Crippen LogP) is 4.23. The van der Waals surface area contributed by atoms with E-state index in [4.69, 9.17) is 4.74 Å². The second-order valence-electron chi connectivity index (χ2n) is 8.59. The van der Waals surface area contributed by atoms with Crippen LogP contribution in [0.15, 0.2) is 24.3 Å². The van der Waals surface area contributed by atoms with Gasteiger partial charge in [-0.2, -0.15) is 0 Å². The highest BCUT2D eigenvalue weighted by Gasteiger charge is 2.57. The Morgan fingerprint density at radius 1 is 0.960 bits per heavy atom. The van der Waals surface area contributed by atoms with Crippen LogP contribution in [-0.4, -0.2) is 17.7 Å². The number of hydrogen-bond acceptors (Lipinski definition) is 3. The van der Waals surface area contributed by atoms with Crippen molar-refractivity contribution in [1.82, 2.24) is 0 Å². The first kappa shape index (κ1) is 16.8. The molecule has 3 nitrogen and oxygen atoms in total. The van der Waals surface area contributed by atoms with E-state index in [2.05, 4.69) is 38.1 Å². The summed E-state index contributed by atoms with van der Waals surface area (Å²) in [7, 11) is 0. The Morgan fingerprint density at radius 2 is 1.64 bits per heavy atom. The number of carbonyl (C=O) groups excluding carboxylic acids is 2. The Morgan fingerprint density at radius 3 is 2.32 bits per heavy atom. The van der Waals surface area contributed by atoms with Crippen molar-refractivity contribution < 1.29 is 14.3 Å². The third kappa shape index (κ3) is 3.02. The van der Waals surface area contributed by atoms with Gasteiger partial charge in [0.25, 0.3) is 0 Å². The molecule has 3 heteroatoms. The largest absolute Gasteiger partial charge is 0.490 e. The second-order valence-corrected chi connectivity index (χ2v) is 8.59. The molecule has 0 spiro atoms. The molecule has 0 aliphatic heterocycles. The van der Waals surface area contributed by atoms with Crippen LogP contribution in [0.2, 0.25) is 0 Å². The molecule has 3 aliphatic rings. The molecule has 0 aromatic heterocycles. The van der Waals surface area contributed by atoms with Crippen LogP contribution < -0.4 is 4.74 Å². The van der Waals surface area contributed by atoms with Crippen molar-refractivity contribution in [1.29, 1.82) is 0 Å². The minimum Gasteiger partial charge on any atom is -0.490 e. The molecule has 134 valence electrons. The number of ketones is 2. The van der Waals surface area contributed by atoms with Gasteiger partial charge < -0.3 is 4.74 Å². The lowest BCUT2D eigenvalue weighted by molar-refractivity contribution is -0.137. The van der Waals surface area contributed by atoms with E-state index in [1.54, 1.807) is 0 Å². The first-order valence-corrected chi connectivity index (χ1v) is 9.88. The molecule has 5 atom stereocenters. The van der Waals surface area contributed by atoms with Gasteiger partial charge >= 0.3 is 0 Å². The fraction of sp³-hybridized carbons (Fsp3) is 0.636. The molecule has 4 rings (SSSR count). The van der Waals surface area contributed by atoms with Crippen LogP contribution in [0.4, 0.5) is 0 Å². The zero-order valence-corrected chi connectivity index (χ0v) is 15.2. The Labute approximate surface area is 150 Å². The van der Waals surface area contributed by atoms with Crippen LogP contribution in [0.3, 0.4) is 0 Å².